The zero-order valence-corrected chi connectivity index (χ0v) is 22.0. The first-order chi connectivity index (χ1) is 17.8. The molecule has 1 fully saturated rings. The number of amides is 3. The SMILES string of the molecule is Cc1c(NC(=O)CSCC(=O)N2CCN(C)C(=O)C2Cc2ccccc2)c(=O)n(-c2ccccc2)n1C. The highest BCUT2D eigenvalue weighted by Crippen LogP contribution is 2.18. The summed E-state index contributed by atoms with van der Waals surface area (Å²) in [6, 6.07) is 18.3. The van der Waals surface area contributed by atoms with Gasteiger partial charge in [0.05, 0.1) is 22.9 Å². The number of para-hydroxylation sites is 1. The summed E-state index contributed by atoms with van der Waals surface area (Å²) in [7, 11) is 3.51. The molecule has 2 aromatic carbocycles. The van der Waals surface area contributed by atoms with Crippen LogP contribution in [0, 0.1) is 6.92 Å². The molecule has 1 unspecified atom stereocenters. The van der Waals surface area contributed by atoms with E-state index in [0.29, 0.717) is 30.9 Å². The Balaban J connectivity index is 1.37. The van der Waals surface area contributed by atoms with Crippen LogP contribution >= 0.6 is 11.8 Å². The van der Waals surface area contributed by atoms with E-state index in [1.54, 1.807) is 35.5 Å². The number of benzene rings is 2. The lowest BCUT2D eigenvalue weighted by Gasteiger charge is -2.39. The predicted molar refractivity (Wildman–Crippen MR) is 145 cm³/mol. The molecule has 2 heterocycles. The van der Waals surface area contributed by atoms with E-state index < -0.39 is 6.04 Å². The number of piperazine rings is 1. The van der Waals surface area contributed by atoms with Crippen molar-refractivity contribution in [2.45, 2.75) is 19.4 Å². The van der Waals surface area contributed by atoms with Gasteiger partial charge < -0.3 is 15.1 Å². The highest BCUT2D eigenvalue weighted by Gasteiger charge is 2.35. The molecule has 1 N–H and O–H groups in total. The van der Waals surface area contributed by atoms with Crippen molar-refractivity contribution in [3.05, 3.63) is 82.3 Å². The van der Waals surface area contributed by atoms with Crippen LogP contribution in [0.25, 0.3) is 5.69 Å². The first-order valence-corrected chi connectivity index (χ1v) is 13.2. The first-order valence-electron chi connectivity index (χ1n) is 12.1. The predicted octanol–water partition coefficient (Wildman–Crippen LogP) is 2.07. The average molecular weight is 522 g/mol. The molecule has 1 atom stereocenters. The summed E-state index contributed by atoms with van der Waals surface area (Å²) >= 11 is 1.17. The van der Waals surface area contributed by atoms with Gasteiger partial charge in [-0.2, -0.15) is 0 Å². The number of thioether (sulfide) groups is 1. The Hall–Kier alpha value is -3.79. The maximum atomic E-state index is 13.0. The lowest BCUT2D eigenvalue weighted by atomic mass is 10.0. The average Bonchev–Trinajstić information content (AvgIpc) is 3.10. The Bertz CT molecular complexity index is 1340. The fraction of sp³-hybridized carbons (Fsp3) is 0.333. The summed E-state index contributed by atoms with van der Waals surface area (Å²) in [6.07, 6.45) is 0.446. The Labute approximate surface area is 220 Å². The monoisotopic (exact) mass is 521 g/mol. The van der Waals surface area contributed by atoms with E-state index in [1.807, 2.05) is 60.7 Å². The molecular weight excluding hydrogens is 490 g/mol. The third-order valence-corrected chi connectivity index (χ3v) is 7.50. The van der Waals surface area contributed by atoms with Gasteiger partial charge in [-0.15, -0.1) is 11.8 Å². The van der Waals surface area contributed by atoms with Crippen LogP contribution in [0.1, 0.15) is 11.3 Å². The van der Waals surface area contributed by atoms with Crippen molar-refractivity contribution in [1.82, 2.24) is 19.2 Å². The van der Waals surface area contributed by atoms with Gasteiger partial charge in [-0.25, -0.2) is 4.68 Å². The maximum Gasteiger partial charge on any atom is 0.295 e. The van der Waals surface area contributed by atoms with Crippen molar-refractivity contribution in [3.63, 3.8) is 0 Å². The lowest BCUT2D eigenvalue weighted by molar-refractivity contribution is -0.148. The van der Waals surface area contributed by atoms with Crippen LogP contribution < -0.4 is 10.9 Å². The Morgan fingerprint density at radius 3 is 2.27 bits per heavy atom. The van der Waals surface area contributed by atoms with E-state index in [1.165, 1.54) is 16.4 Å². The highest BCUT2D eigenvalue weighted by molar-refractivity contribution is 8.00. The Kier molecular flexibility index (Phi) is 8.17. The summed E-state index contributed by atoms with van der Waals surface area (Å²) in [6.45, 7) is 2.69. The van der Waals surface area contributed by atoms with E-state index in [4.69, 9.17) is 0 Å². The van der Waals surface area contributed by atoms with E-state index in [-0.39, 0.29) is 40.5 Å². The number of aromatic nitrogens is 2. The van der Waals surface area contributed by atoms with Crippen LogP contribution in [0.2, 0.25) is 0 Å². The first kappa shape index (κ1) is 26.3. The molecular formula is C27H31N5O4S. The minimum atomic E-state index is -0.563. The van der Waals surface area contributed by atoms with Gasteiger partial charge in [0.2, 0.25) is 17.7 Å². The van der Waals surface area contributed by atoms with Crippen LogP contribution in [0.4, 0.5) is 5.69 Å². The van der Waals surface area contributed by atoms with E-state index in [2.05, 4.69) is 5.32 Å². The number of nitrogens with one attached hydrogen (secondary N) is 1. The number of anilines is 1. The van der Waals surface area contributed by atoms with Crippen molar-refractivity contribution in [2.75, 3.05) is 37.0 Å². The normalized spacial score (nSPS) is 15.6. The zero-order chi connectivity index (χ0) is 26.5. The number of carbonyl (C=O) groups excluding carboxylic acids is 3. The molecule has 3 amide bonds. The molecule has 0 spiro atoms. The fourth-order valence-corrected chi connectivity index (χ4v) is 5.15. The van der Waals surface area contributed by atoms with Crippen molar-refractivity contribution in [1.29, 1.82) is 0 Å². The molecule has 0 saturated carbocycles. The van der Waals surface area contributed by atoms with Crippen LogP contribution in [-0.4, -0.2) is 74.6 Å². The standard InChI is InChI=1S/C27H31N5O4S/c1-19-25(27(36)32(30(19)3)21-12-8-5-9-13-21)28-23(33)17-37-18-24(34)31-15-14-29(2)26(35)22(31)16-20-10-6-4-7-11-20/h4-13,22H,14-18H2,1-3H3,(H,28,33). The molecule has 4 rings (SSSR count). The molecule has 1 aliphatic rings. The molecule has 1 aliphatic heterocycles. The van der Waals surface area contributed by atoms with Gasteiger partial charge in [0.1, 0.15) is 11.7 Å². The van der Waals surface area contributed by atoms with Crippen LogP contribution in [0.5, 0.6) is 0 Å². The zero-order valence-electron chi connectivity index (χ0n) is 21.2. The lowest BCUT2D eigenvalue weighted by Crippen LogP contribution is -2.58. The largest absolute Gasteiger partial charge is 0.342 e. The summed E-state index contributed by atoms with van der Waals surface area (Å²) in [5, 5.41) is 2.72. The molecule has 0 radical (unpaired) electrons. The van der Waals surface area contributed by atoms with Crippen molar-refractivity contribution < 1.29 is 14.4 Å². The maximum absolute atomic E-state index is 13.0. The second-order valence-electron chi connectivity index (χ2n) is 9.03. The molecule has 1 saturated heterocycles. The van der Waals surface area contributed by atoms with Gasteiger partial charge in [0.25, 0.3) is 5.56 Å². The van der Waals surface area contributed by atoms with E-state index in [9.17, 15) is 19.2 Å². The number of carbonyl (C=O) groups is 3. The minimum Gasteiger partial charge on any atom is -0.342 e. The quantitative estimate of drug-likeness (QED) is 0.490. The van der Waals surface area contributed by atoms with Gasteiger partial charge >= 0.3 is 0 Å². The van der Waals surface area contributed by atoms with E-state index in [0.717, 1.165) is 5.56 Å². The van der Waals surface area contributed by atoms with Crippen LogP contribution in [-0.2, 0) is 27.9 Å². The second kappa shape index (κ2) is 11.5. The molecule has 10 heteroatoms. The molecule has 194 valence electrons. The number of rotatable bonds is 8. The van der Waals surface area contributed by atoms with Crippen molar-refractivity contribution in [3.8, 4) is 5.69 Å². The highest BCUT2D eigenvalue weighted by atomic mass is 32.2. The van der Waals surface area contributed by atoms with Gasteiger partial charge in [0.15, 0.2) is 0 Å². The van der Waals surface area contributed by atoms with Crippen molar-refractivity contribution >= 4 is 35.2 Å². The Morgan fingerprint density at radius 1 is 0.946 bits per heavy atom. The van der Waals surface area contributed by atoms with Gasteiger partial charge in [-0.3, -0.25) is 23.9 Å². The molecule has 0 aliphatic carbocycles. The fourth-order valence-electron chi connectivity index (χ4n) is 4.45. The number of likely N-dealkylation sites (N-methyl/N-ethyl adjacent to an activating group) is 1. The number of hydrogen-bond acceptors (Lipinski definition) is 5. The smallest absolute Gasteiger partial charge is 0.295 e. The van der Waals surface area contributed by atoms with Gasteiger partial charge in [0, 0.05) is 33.6 Å². The topological polar surface area (TPSA) is 96.7 Å². The number of nitrogens with zero attached hydrogens (tertiary/aromatic N) is 4. The molecule has 3 aromatic rings. The third-order valence-electron chi connectivity index (χ3n) is 6.58. The molecule has 37 heavy (non-hydrogen) atoms. The van der Waals surface area contributed by atoms with E-state index >= 15 is 0 Å². The second-order valence-corrected chi connectivity index (χ2v) is 10.0. The number of hydrogen-bond donors (Lipinski definition) is 1. The van der Waals surface area contributed by atoms with Crippen LogP contribution in [0.15, 0.2) is 65.5 Å². The van der Waals surface area contributed by atoms with Gasteiger partial charge in [-0.1, -0.05) is 48.5 Å². The summed E-state index contributed by atoms with van der Waals surface area (Å²) in [5.41, 5.74) is 2.21. The molecule has 1 aromatic heterocycles. The van der Waals surface area contributed by atoms with Crippen molar-refractivity contribution in [2.24, 2.45) is 7.05 Å². The minimum absolute atomic E-state index is 0.00981. The van der Waals surface area contributed by atoms with Gasteiger partial charge in [-0.05, 0) is 24.6 Å². The molecule has 0 bridgehead atoms. The third kappa shape index (κ3) is 5.80. The van der Waals surface area contributed by atoms with Crippen LogP contribution in [0.3, 0.4) is 0 Å². The Morgan fingerprint density at radius 2 is 1.59 bits per heavy atom. The summed E-state index contributed by atoms with van der Waals surface area (Å²) in [4.78, 5) is 54.8. The summed E-state index contributed by atoms with van der Waals surface area (Å²) in [5.74, 6) is -0.546. The molecule has 9 nitrogen and oxygen atoms in total. The summed E-state index contributed by atoms with van der Waals surface area (Å²) < 4.78 is 3.19.